The van der Waals surface area contributed by atoms with E-state index in [1.54, 1.807) is 26.6 Å². The molecule has 1 N–H and O–H groups in total. The van der Waals surface area contributed by atoms with E-state index in [-0.39, 0.29) is 5.91 Å². The van der Waals surface area contributed by atoms with Gasteiger partial charge in [-0.15, -0.1) is 0 Å². The van der Waals surface area contributed by atoms with Gasteiger partial charge in [-0.1, -0.05) is 18.2 Å². The minimum Gasteiger partial charge on any atom is -0.497 e. The molecule has 2 aromatic heterocycles. The minimum atomic E-state index is -0.0113. The van der Waals surface area contributed by atoms with Crippen molar-refractivity contribution in [2.75, 3.05) is 14.2 Å². The van der Waals surface area contributed by atoms with Gasteiger partial charge in [0.25, 0.3) is 0 Å². The van der Waals surface area contributed by atoms with Crippen LogP contribution in [0, 0.1) is 0 Å². The average Bonchev–Trinajstić information content (AvgIpc) is 3.15. The molecule has 0 unspecified atom stereocenters. The highest BCUT2D eigenvalue weighted by molar-refractivity contribution is 5.89. The van der Waals surface area contributed by atoms with E-state index in [2.05, 4.69) is 33.2 Å². The third-order valence-corrected chi connectivity index (χ3v) is 5.23. The Bertz CT molecular complexity index is 1160. The van der Waals surface area contributed by atoms with Crippen molar-refractivity contribution in [1.82, 2.24) is 14.9 Å². The van der Waals surface area contributed by atoms with Crippen molar-refractivity contribution in [3.8, 4) is 11.5 Å². The first kappa shape index (κ1) is 20.5. The van der Waals surface area contributed by atoms with E-state index in [1.807, 2.05) is 42.5 Å². The van der Waals surface area contributed by atoms with E-state index in [9.17, 15) is 4.79 Å². The van der Waals surface area contributed by atoms with E-state index >= 15 is 0 Å². The number of ether oxygens (including phenoxy) is 2. The number of hydrogen-bond acceptors (Lipinski definition) is 4. The van der Waals surface area contributed by atoms with E-state index in [1.165, 1.54) is 0 Å². The number of hydrogen-bond donors (Lipinski definition) is 1. The zero-order chi connectivity index (χ0) is 21.6. The number of methoxy groups -OCH3 is 2. The number of pyridine rings is 1. The highest BCUT2D eigenvalue weighted by Crippen LogP contribution is 2.26. The summed E-state index contributed by atoms with van der Waals surface area (Å²) in [5, 5.41) is 4.07. The van der Waals surface area contributed by atoms with E-state index in [4.69, 9.17) is 9.47 Å². The summed E-state index contributed by atoms with van der Waals surface area (Å²) in [6.45, 7) is 1.14. The molecule has 0 fully saturated rings. The first-order valence-corrected chi connectivity index (χ1v) is 10.1. The molecule has 0 atom stereocenters. The molecule has 0 aliphatic heterocycles. The molecule has 2 aromatic carbocycles. The van der Waals surface area contributed by atoms with Crippen molar-refractivity contribution >= 4 is 16.8 Å². The van der Waals surface area contributed by atoms with Crippen LogP contribution in [-0.2, 0) is 24.3 Å². The van der Waals surface area contributed by atoms with Crippen molar-refractivity contribution < 1.29 is 14.3 Å². The number of carbonyl (C=O) groups excluding carboxylic acids is 1. The van der Waals surface area contributed by atoms with Gasteiger partial charge in [0.15, 0.2) is 0 Å². The molecule has 2 heterocycles. The largest absolute Gasteiger partial charge is 0.497 e. The molecular weight excluding hydrogens is 390 g/mol. The van der Waals surface area contributed by atoms with Crippen LogP contribution in [0.5, 0.6) is 11.5 Å². The Morgan fingerprint density at radius 1 is 0.968 bits per heavy atom. The second-order valence-corrected chi connectivity index (χ2v) is 7.33. The maximum atomic E-state index is 12.6. The van der Waals surface area contributed by atoms with E-state index < -0.39 is 0 Å². The number of carbonyl (C=O) groups is 1. The summed E-state index contributed by atoms with van der Waals surface area (Å²) in [7, 11) is 3.29. The van der Waals surface area contributed by atoms with Crippen LogP contribution >= 0.6 is 0 Å². The lowest BCUT2D eigenvalue weighted by Crippen LogP contribution is -2.24. The van der Waals surface area contributed by atoms with Crippen molar-refractivity contribution in [3.63, 3.8) is 0 Å². The highest BCUT2D eigenvalue weighted by atomic mass is 16.5. The minimum absolute atomic E-state index is 0.0113. The molecule has 0 radical (unpaired) electrons. The zero-order valence-electron chi connectivity index (χ0n) is 17.7. The maximum absolute atomic E-state index is 12.6. The van der Waals surface area contributed by atoms with Crippen LogP contribution in [0.2, 0.25) is 0 Å². The number of rotatable bonds is 8. The van der Waals surface area contributed by atoms with Crippen LogP contribution in [0.1, 0.15) is 16.7 Å². The summed E-state index contributed by atoms with van der Waals surface area (Å²) < 4.78 is 13.0. The van der Waals surface area contributed by atoms with Gasteiger partial charge in [-0.2, -0.15) is 0 Å². The standard InChI is InChI=1S/C25H25N3O3/c1-30-21-11-19(12-22(14-21)31-2)16-28-17-20(23-5-3-4-6-24(23)28)13-25(29)27-15-18-7-9-26-10-8-18/h3-12,14,17H,13,15-16H2,1-2H3,(H,27,29). The number of aromatic nitrogens is 2. The SMILES string of the molecule is COc1cc(Cn2cc(CC(=O)NCc3ccncc3)c3ccccc32)cc(OC)c1. The Balaban J connectivity index is 1.55. The van der Waals surface area contributed by atoms with Crippen LogP contribution in [0.3, 0.4) is 0 Å². The molecule has 0 spiro atoms. The first-order valence-electron chi connectivity index (χ1n) is 10.1. The molecule has 6 nitrogen and oxygen atoms in total. The number of fused-ring (bicyclic) bond motifs is 1. The fourth-order valence-electron chi connectivity index (χ4n) is 3.69. The molecule has 158 valence electrons. The normalized spacial score (nSPS) is 10.8. The number of para-hydroxylation sites is 1. The van der Waals surface area contributed by atoms with Gasteiger partial charge < -0.3 is 19.4 Å². The number of benzene rings is 2. The molecule has 0 bridgehead atoms. The Labute approximate surface area is 181 Å². The van der Waals surface area contributed by atoms with Crippen molar-refractivity contribution in [3.05, 3.63) is 89.9 Å². The van der Waals surface area contributed by atoms with Gasteiger partial charge in [-0.25, -0.2) is 0 Å². The van der Waals surface area contributed by atoms with Gasteiger partial charge in [0.1, 0.15) is 11.5 Å². The highest BCUT2D eigenvalue weighted by Gasteiger charge is 2.13. The van der Waals surface area contributed by atoms with E-state index in [0.29, 0.717) is 19.5 Å². The Hall–Kier alpha value is -3.80. The first-order chi connectivity index (χ1) is 15.2. The Morgan fingerprint density at radius 2 is 1.68 bits per heavy atom. The van der Waals surface area contributed by atoms with Gasteiger partial charge in [0, 0.05) is 48.6 Å². The summed E-state index contributed by atoms with van der Waals surface area (Å²) in [6.07, 6.45) is 5.83. The van der Waals surface area contributed by atoms with Gasteiger partial charge in [-0.05, 0) is 47.0 Å². The predicted octanol–water partition coefficient (Wildman–Crippen LogP) is 3.96. The predicted molar refractivity (Wildman–Crippen MR) is 120 cm³/mol. The zero-order valence-corrected chi connectivity index (χ0v) is 17.7. The van der Waals surface area contributed by atoms with Crippen LogP contribution in [0.15, 0.2) is 73.2 Å². The van der Waals surface area contributed by atoms with Gasteiger partial charge >= 0.3 is 0 Å². The smallest absolute Gasteiger partial charge is 0.224 e. The third-order valence-electron chi connectivity index (χ3n) is 5.23. The van der Waals surface area contributed by atoms with E-state index in [0.717, 1.165) is 39.1 Å². The van der Waals surface area contributed by atoms with Gasteiger partial charge in [0.05, 0.1) is 20.6 Å². The number of amides is 1. The lowest BCUT2D eigenvalue weighted by Gasteiger charge is -2.10. The lowest BCUT2D eigenvalue weighted by molar-refractivity contribution is -0.120. The molecule has 6 heteroatoms. The summed E-state index contributed by atoms with van der Waals surface area (Å²) in [4.78, 5) is 16.6. The number of nitrogens with zero attached hydrogens (tertiary/aromatic N) is 2. The summed E-state index contributed by atoms with van der Waals surface area (Å²) >= 11 is 0. The third kappa shape index (κ3) is 4.86. The molecule has 0 saturated carbocycles. The molecule has 1 amide bonds. The Kier molecular flexibility index (Phi) is 6.17. The van der Waals surface area contributed by atoms with Crippen molar-refractivity contribution in [2.45, 2.75) is 19.5 Å². The van der Waals surface area contributed by atoms with Crippen molar-refractivity contribution in [2.24, 2.45) is 0 Å². The summed E-state index contributed by atoms with van der Waals surface area (Å²) in [6, 6.07) is 17.8. The quantitative estimate of drug-likeness (QED) is 0.473. The molecule has 0 aliphatic carbocycles. The number of nitrogens with one attached hydrogen (secondary N) is 1. The Morgan fingerprint density at radius 3 is 2.39 bits per heavy atom. The van der Waals surface area contributed by atoms with Crippen LogP contribution < -0.4 is 14.8 Å². The molecule has 4 aromatic rings. The monoisotopic (exact) mass is 415 g/mol. The van der Waals surface area contributed by atoms with Gasteiger partial charge in [0.2, 0.25) is 5.91 Å². The second-order valence-electron chi connectivity index (χ2n) is 7.33. The fourth-order valence-corrected chi connectivity index (χ4v) is 3.69. The van der Waals surface area contributed by atoms with Crippen molar-refractivity contribution in [1.29, 1.82) is 0 Å². The van der Waals surface area contributed by atoms with Crippen LogP contribution in [0.4, 0.5) is 0 Å². The maximum Gasteiger partial charge on any atom is 0.224 e. The topological polar surface area (TPSA) is 65.4 Å². The summed E-state index contributed by atoms with van der Waals surface area (Å²) in [5.74, 6) is 1.49. The molecule has 0 aliphatic rings. The molecule has 31 heavy (non-hydrogen) atoms. The fraction of sp³-hybridized carbons (Fsp3) is 0.200. The molecule has 0 saturated heterocycles. The molecular formula is C25H25N3O3. The lowest BCUT2D eigenvalue weighted by atomic mass is 10.1. The average molecular weight is 415 g/mol. The summed E-state index contributed by atoms with van der Waals surface area (Å²) in [5.41, 5.74) is 4.17. The van der Waals surface area contributed by atoms with Crippen LogP contribution in [0.25, 0.3) is 10.9 Å². The van der Waals surface area contributed by atoms with Gasteiger partial charge in [-0.3, -0.25) is 9.78 Å². The van der Waals surface area contributed by atoms with Crippen LogP contribution in [-0.4, -0.2) is 29.7 Å². The second kappa shape index (κ2) is 9.34. The molecule has 4 rings (SSSR count).